The van der Waals surface area contributed by atoms with Gasteiger partial charge in [0.25, 0.3) is 5.91 Å². The van der Waals surface area contributed by atoms with Crippen molar-refractivity contribution < 1.29 is 24.0 Å². The molecule has 2 aromatic carbocycles. The van der Waals surface area contributed by atoms with Gasteiger partial charge in [0.2, 0.25) is 0 Å². The molecule has 2 heterocycles. The van der Waals surface area contributed by atoms with Gasteiger partial charge in [-0.05, 0) is 56.7 Å². The Hall–Kier alpha value is -3.07. The number of carbonyl (C=O) groups is 2. The minimum atomic E-state index is -0.791. The molecule has 184 valence electrons. The van der Waals surface area contributed by atoms with Gasteiger partial charge in [-0.15, -0.1) is 0 Å². The van der Waals surface area contributed by atoms with Crippen LogP contribution in [0.25, 0.3) is 11.3 Å². The van der Waals surface area contributed by atoms with E-state index in [2.05, 4.69) is 10.5 Å². The average molecular weight is 518 g/mol. The molecule has 4 rings (SSSR count). The Balaban J connectivity index is 1.39. The summed E-state index contributed by atoms with van der Waals surface area (Å²) in [5.41, 5.74) is 1.40. The SMILES string of the molecule is CC(C)Oc1ccc(-c2cc(C(=O)Nc3ccc(CN4CC(C)(C(=O)O)C4)cc3Cl)no2)cc1Cl. The topological polar surface area (TPSA) is 105 Å². The number of rotatable bonds is 8. The second-order valence-corrected chi connectivity index (χ2v) is 9.98. The van der Waals surface area contributed by atoms with E-state index in [1.54, 1.807) is 37.3 Å². The highest BCUT2D eigenvalue weighted by molar-refractivity contribution is 6.34. The maximum atomic E-state index is 12.7. The molecular weight excluding hydrogens is 493 g/mol. The lowest BCUT2D eigenvalue weighted by Crippen LogP contribution is -2.58. The predicted molar refractivity (Wildman–Crippen MR) is 133 cm³/mol. The number of carboxylic acid groups (broad SMARTS) is 1. The highest BCUT2D eigenvalue weighted by Gasteiger charge is 2.45. The normalized spacial score (nSPS) is 15.0. The van der Waals surface area contributed by atoms with Crippen LogP contribution >= 0.6 is 23.2 Å². The van der Waals surface area contributed by atoms with Crippen LogP contribution in [0.4, 0.5) is 5.69 Å². The summed E-state index contributed by atoms with van der Waals surface area (Å²) < 4.78 is 11.0. The first kappa shape index (κ1) is 25.0. The van der Waals surface area contributed by atoms with Crippen LogP contribution in [0.2, 0.25) is 10.0 Å². The second-order valence-electron chi connectivity index (χ2n) is 9.17. The summed E-state index contributed by atoms with van der Waals surface area (Å²) in [6, 6.07) is 12.0. The zero-order chi connectivity index (χ0) is 25.3. The summed E-state index contributed by atoms with van der Waals surface area (Å²) >= 11 is 12.7. The van der Waals surface area contributed by atoms with Gasteiger partial charge in [-0.1, -0.05) is 34.4 Å². The van der Waals surface area contributed by atoms with Crippen LogP contribution in [0.1, 0.15) is 36.8 Å². The molecule has 2 N–H and O–H groups in total. The van der Waals surface area contributed by atoms with Crippen molar-refractivity contribution >= 4 is 40.8 Å². The third-order valence-electron chi connectivity index (χ3n) is 5.67. The summed E-state index contributed by atoms with van der Waals surface area (Å²) in [6.07, 6.45) is -0.0109. The predicted octanol–water partition coefficient (Wildman–Crippen LogP) is 5.59. The standard InChI is InChI=1S/C25H25Cl2N3O5/c1-14(2)34-21-7-5-16(9-18(21)27)22-10-20(29-35-22)23(31)28-19-6-4-15(8-17(19)26)11-30-12-25(3,13-30)24(32)33/h4-10,14H,11-13H2,1-3H3,(H,28,31)(H,32,33). The van der Waals surface area contributed by atoms with Crippen LogP contribution in [0.3, 0.4) is 0 Å². The van der Waals surface area contributed by atoms with E-state index in [1.807, 2.05) is 24.8 Å². The summed E-state index contributed by atoms with van der Waals surface area (Å²) in [7, 11) is 0. The number of hydrogen-bond donors (Lipinski definition) is 2. The number of carbonyl (C=O) groups excluding carboxylic acids is 1. The number of carboxylic acids is 1. The minimum absolute atomic E-state index is 0.0109. The summed E-state index contributed by atoms with van der Waals surface area (Å²) in [5.74, 6) is -0.315. The van der Waals surface area contributed by atoms with Crippen LogP contribution in [0, 0.1) is 5.41 Å². The molecule has 8 nitrogen and oxygen atoms in total. The number of anilines is 1. The molecule has 1 saturated heterocycles. The molecular formula is C25H25Cl2N3O5. The van der Waals surface area contributed by atoms with Crippen LogP contribution in [0.15, 0.2) is 47.0 Å². The lowest BCUT2D eigenvalue weighted by Gasteiger charge is -2.45. The number of benzene rings is 2. The lowest BCUT2D eigenvalue weighted by molar-refractivity contribution is -0.158. The lowest BCUT2D eigenvalue weighted by atomic mass is 9.82. The average Bonchev–Trinajstić information content (AvgIpc) is 3.26. The number of amides is 1. The Labute approximate surface area is 212 Å². The van der Waals surface area contributed by atoms with Gasteiger partial charge in [0, 0.05) is 31.3 Å². The van der Waals surface area contributed by atoms with E-state index in [4.69, 9.17) is 32.5 Å². The molecule has 0 saturated carbocycles. The van der Waals surface area contributed by atoms with Gasteiger partial charge in [0.05, 0.1) is 27.3 Å². The number of aliphatic carboxylic acids is 1. The van der Waals surface area contributed by atoms with Crippen LogP contribution < -0.4 is 10.1 Å². The van der Waals surface area contributed by atoms with Crippen molar-refractivity contribution in [2.24, 2.45) is 5.41 Å². The van der Waals surface area contributed by atoms with Crippen molar-refractivity contribution in [2.45, 2.75) is 33.4 Å². The number of halogens is 2. The van der Waals surface area contributed by atoms with E-state index in [0.717, 1.165) is 5.56 Å². The molecule has 0 aliphatic carbocycles. The van der Waals surface area contributed by atoms with Crippen LogP contribution in [0.5, 0.6) is 5.75 Å². The van der Waals surface area contributed by atoms with Crippen molar-refractivity contribution in [3.63, 3.8) is 0 Å². The summed E-state index contributed by atoms with van der Waals surface area (Å²) in [5, 5.41) is 16.6. The maximum Gasteiger partial charge on any atom is 0.311 e. The molecule has 0 bridgehead atoms. The van der Waals surface area contributed by atoms with Gasteiger partial charge in [-0.2, -0.15) is 0 Å². The molecule has 1 fully saturated rings. The monoisotopic (exact) mass is 517 g/mol. The fourth-order valence-corrected chi connectivity index (χ4v) is 4.39. The largest absolute Gasteiger partial charge is 0.489 e. The molecule has 0 atom stereocenters. The van der Waals surface area contributed by atoms with Crippen molar-refractivity contribution in [1.29, 1.82) is 0 Å². The van der Waals surface area contributed by atoms with E-state index in [9.17, 15) is 14.7 Å². The number of ether oxygens (including phenoxy) is 1. The summed E-state index contributed by atoms with van der Waals surface area (Å²) in [6.45, 7) is 7.09. The molecule has 3 aromatic rings. The van der Waals surface area contributed by atoms with Gasteiger partial charge < -0.3 is 19.7 Å². The van der Waals surface area contributed by atoms with Crippen molar-refractivity contribution in [2.75, 3.05) is 18.4 Å². The van der Waals surface area contributed by atoms with Gasteiger partial charge in [0.15, 0.2) is 11.5 Å². The zero-order valence-corrected chi connectivity index (χ0v) is 21.0. The van der Waals surface area contributed by atoms with Crippen molar-refractivity contribution in [3.8, 4) is 17.1 Å². The van der Waals surface area contributed by atoms with E-state index >= 15 is 0 Å². The molecule has 35 heavy (non-hydrogen) atoms. The van der Waals surface area contributed by atoms with Crippen molar-refractivity contribution in [3.05, 3.63) is 63.8 Å². The quantitative estimate of drug-likeness (QED) is 0.400. The fraction of sp³-hybridized carbons (Fsp3) is 0.320. The van der Waals surface area contributed by atoms with E-state index in [-0.39, 0.29) is 11.8 Å². The van der Waals surface area contributed by atoms with E-state index < -0.39 is 17.3 Å². The van der Waals surface area contributed by atoms with Crippen LogP contribution in [-0.2, 0) is 11.3 Å². The zero-order valence-electron chi connectivity index (χ0n) is 19.5. The Bertz CT molecular complexity index is 1270. The first-order chi connectivity index (χ1) is 16.5. The molecule has 10 heteroatoms. The maximum absolute atomic E-state index is 12.7. The van der Waals surface area contributed by atoms with Gasteiger partial charge in [-0.25, -0.2) is 0 Å². The molecule has 0 spiro atoms. The molecule has 0 radical (unpaired) electrons. The number of likely N-dealkylation sites (tertiary alicyclic amines) is 1. The highest BCUT2D eigenvalue weighted by atomic mass is 35.5. The molecule has 0 unspecified atom stereocenters. The number of nitrogens with zero attached hydrogens (tertiary/aromatic N) is 2. The highest BCUT2D eigenvalue weighted by Crippen LogP contribution is 2.33. The molecule has 1 aromatic heterocycles. The van der Waals surface area contributed by atoms with Gasteiger partial charge >= 0.3 is 5.97 Å². The van der Waals surface area contributed by atoms with E-state index in [0.29, 0.717) is 52.4 Å². The van der Waals surface area contributed by atoms with Gasteiger partial charge in [0.1, 0.15) is 5.75 Å². The Morgan fingerprint density at radius 3 is 2.54 bits per heavy atom. The number of nitrogens with one attached hydrogen (secondary N) is 1. The molecule has 1 amide bonds. The first-order valence-electron chi connectivity index (χ1n) is 11.0. The minimum Gasteiger partial charge on any atom is -0.489 e. The van der Waals surface area contributed by atoms with Gasteiger partial charge in [-0.3, -0.25) is 14.5 Å². The molecule has 1 aliphatic rings. The Morgan fingerprint density at radius 1 is 1.17 bits per heavy atom. The third-order valence-corrected chi connectivity index (χ3v) is 6.28. The Morgan fingerprint density at radius 2 is 1.91 bits per heavy atom. The van der Waals surface area contributed by atoms with Crippen LogP contribution in [-0.4, -0.2) is 46.2 Å². The second kappa shape index (κ2) is 9.89. The first-order valence-corrected chi connectivity index (χ1v) is 11.8. The van der Waals surface area contributed by atoms with Crippen molar-refractivity contribution in [1.82, 2.24) is 10.1 Å². The number of aromatic nitrogens is 1. The summed E-state index contributed by atoms with van der Waals surface area (Å²) in [4.78, 5) is 26.0. The smallest absolute Gasteiger partial charge is 0.311 e. The van der Waals surface area contributed by atoms with E-state index in [1.165, 1.54) is 6.07 Å². The third kappa shape index (κ3) is 5.61. The fourth-order valence-electron chi connectivity index (χ4n) is 3.91. The molecule has 1 aliphatic heterocycles. The Kier molecular flexibility index (Phi) is 7.07. The number of hydrogen-bond acceptors (Lipinski definition) is 6.